The van der Waals surface area contributed by atoms with Crippen molar-refractivity contribution in [2.24, 2.45) is 0 Å². The minimum Gasteiger partial charge on any atom is -0.479 e. The van der Waals surface area contributed by atoms with E-state index in [1.54, 1.807) is 0 Å². The summed E-state index contributed by atoms with van der Waals surface area (Å²) in [5.74, 6) is -3.10. The molecule has 6 unspecified atom stereocenters. The maximum atomic E-state index is 13.2. The largest absolute Gasteiger partial charge is 0.479 e. The van der Waals surface area contributed by atoms with Gasteiger partial charge in [0.25, 0.3) is 0 Å². The molecule has 12 heteroatoms. The van der Waals surface area contributed by atoms with Gasteiger partial charge in [-0.1, -0.05) is 282 Å². The van der Waals surface area contributed by atoms with Crippen molar-refractivity contribution in [2.45, 2.75) is 379 Å². The van der Waals surface area contributed by atoms with Crippen LogP contribution in [0.15, 0.2) is 36.5 Å². The van der Waals surface area contributed by atoms with Gasteiger partial charge in [0.15, 0.2) is 24.6 Å². The summed E-state index contributed by atoms with van der Waals surface area (Å²) in [6.45, 7) is 6.02. The maximum absolute atomic E-state index is 13.2. The first-order chi connectivity index (χ1) is 40.6. The van der Waals surface area contributed by atoms with E-state index in [9.17, 15) is 34.5 Å². The molecule has 1 fully saturated rings. The first kappa shape index (κ1) is 78.0. The van der Waals surface area contributed by atoms with Crippen LogP contribution in [0.5, 0.6) is 0 Å². The van der Waals surface area contributed by atoms with E-state index in [0.717, 1.165) is 89.9 Å². The Bertz CT molecular complexity index is 1580. The fraction of sp³-hybridized carbons (Fsp3) is 0.859. The molecule has 0 aromatic rings. The van der Waals surface area contributed by atoms with Crippen molar-refractivity contribution in [2.75, 3.05) is 13.2 Å². The topological polar surface area (TPSA) is 175 Å². The second kappa shape index (κ2) is 59.3. The van der Waals surface area contributed by atoms with E-state index >= 15 is 0 Å². The number of hydrogen-bond donors (Lipinski definition) is 3. The normalized spacial score (nSPS) is 17.7. The van der Waals surface area contributed by atoms with Crippen LogP contribution in [0.1, 0.15) is 342 Å². The molecule has 0 aliphatic carbocycles. The molecule has 1 heterocycles. The number of carboxylic acids is 1. The number of carboxylic acid groups (broad SMARTS) is 1. The molecule has 0 bridgehead atoms. The number of aliphatic hydroxyl groups is 2. The van der Waals surface area contributed by atoms with Crippen molar-refractivity contribution in [3.8, 4) is 0 Å². The Morgan fingerprint density at radius 3 is 1.12 bits per heavy atom. The quantitative estimate of drug-likeness (QED) is 0.0228. The van der Waals surface area contributed by atoms with E-state index in [2.05, 4.69) is 57.2 Å². The smallest absolute Gasteiger partial charge is 0.335 e. The van der Waals surface area contributed by atoms with Crippen LogP contribution in [0.3, 0.4) is 0 Å². The fourth-order valence-corrected chi connectivity index (χ4v) is 10.8. The number of aliphatic carboxylic acids is 1. The molecule has 83 heavy (non-hydrogen) atoms. The Morgan fingerprint density at radius 1 is 0.398 bits per heavy atom. The lowest BCUT2D eigenvalue weighted by Gasteiger charge is -2.40. The van der Waals surface area contributed by atoms with Crippen LogP contribution < -0.4 is 0 Å². The summed E-state index contributed by atoms with van der Waals surface area (Å²) in [5, 5.41) is 31.7. The van der Waals surface area contributed by atoms with Crippen molar-refractivity contribution in [3.63, 3.8) is 0 Å². The number of rotatable bonds is 61. The molecular weight excluding hydrogens is 1040 g/mol. The molecule has 12 nitrogen and oxygen atoms in total. The van der Waals surface area contributed by atoms with Gasteiger partial charge in [-0.05, 0) is 77.0 Å². The van der Waals surface area contributed by atoms with E-state index in [0.29, 0.717) is 19.3 Å². The van der Waals surface area contributed by atoms with Crippen LogP contribution in [-0.2, 0) is 42.9 Å². The minimum absolute atomic E-state index is 0.0655. The van der Waals surface area contributed by atoms with Crippen LogP contribution in [-0.4, -0.2) is 89.2 Å². The third-order valence-electron chi connectivity index (χ3n) is 16.2. The van der Waals surface area contributed by atoms with Crippen LogP contribution in [0.4, 0.5) is 0 Å². The van der Waals surface area contributed by atoms with Gasteiger partial charge in [-0.15, -0.1) is 0 Å². The number of carbonyl (C=O) groups excluding carboxylic acids is 3. The molecule has 0 saturated carbocycles. The molecule has 0 amide bonds. The fourth-order valence-electron chi connectivity index (χ4n) is 10.8. The number of aliphatic hydroxyl groups excluding tert-OH is 2. The van der Waals surface area contributed by atoms with Gasteiger partial charge in [0.05, 0.1) is 6.61 Å². The highest BCUT2D eigenvalue weighted by atomic mass is 16.7. The van der Waals surface area contributed by atoms with Crippen molar-refractivity contribution in [3.05, 3.63) is 36.5 Å². The molecule has 0 aromatic heterocycles. The number of carbonyl (C=O) groups is 4. The van der Waals surface area contributed by atoms with E-state index in [1.807, 2.05) is 0 Å². The predicted octanol–water partition coefficient (Wildman–Crippen LogP) is 19.1. The SMILES string of the molecule is CCCCC/C=C\C/C=C\CCCCCCCCCC(=O)OCC(COC1OC(C(=O)O)C(O)C(O)C1OC(=O)CCCCCCCCCCCCCCCCCCCCC)OC(=O)CCCCCCCCC/C=C\CCCCCCCC. The molecule has 0 radical (unpaired) electrons. The van der Waals surface area contributed by atoms with E-state index in [1.165, 1.54) is 193 Å². The average molecular weight is 1170 g/mol. The molecule has 3 N–H and O–H groups in total. The third-order valence-corrected chi connectivity index (χ3v) is 16.2. The first-order valence-electron chi connectivity index (χ1n) is 35.0. The Kier molecular flexibility index (Phi) is 55.7. The Labute approximate surface area is 508 Å². The summed E-state index contributed by atoms with van der Waals surface area (Å²) in [7, 11) is 0. The molecule has 6 atom stereocenters. The zero-order chi connectivity index (χ0) is 60.3. The van der Waals surface area contributed by atoms with Gasteiger partial charge in [0.1, 0.15) is 18.8 Å². The van der Waals surface area contributed by atoms with Gasteiger partial charge in [0.2, 0.25) is 0 Å². The molecule has 1 aliphatic rings. The van der Waals surface area contributed by atoms with Crippen molar-refractivity contribution >= 4 is 23.9 Å². The highest BCUT2D eigenvalue weighted by molar-refractivity contribution is 5.74. The number of ether oxygens (including phenoxy) is 5. The van der Waals surface area contributed by atoms with Gasteiger partial charge in [-0.25, -0.2) is 4.79 Å². The van der Waals surface area contributed by atoms with Gasteiger partial charge in [0, 0.05) is 19.3 Å². The predicted molar refractivity (Wildman–Crippen MR) is 340 cm³/mol. The number of hydrogen-bond acceptors (Lipinski definition) is 11. The van der Waals surface area contributed by atoms with E-state index in [-0.39, 0.29) is 25.9 Å². The van der Waals surface area contributed by atoms with Crippen molar-refractivity contribution in [1.82, 2.24) is 0 Å². The molecule has 0 aromatic carbocycles. The highest BCUT2D eigenvalue weighted by Crippen LogP contribution is 2.27. The van der Waals surface area contributed by atoms with Crippen LogP contribution in [0, 0.1) is 0 Å². The summed E-state index contributed by atoms with van der Waals surface area (Å²) >= 11 is 0. The van der Waals surface area contributed by atoms with Crippen molar-refractivity contribution < 1.29 is 58.2 Å². The zero-order valence-corrected chi connectivity index (χ0v) is 53.7. The number of unbranched alkanes of at least 4 members (excludes halogenated alkanes) is 41. The summed E-state index contributed by atoms with van der Waals surface area (Å²) in [5.41, 5.74) is 0. The van der Waals surface area contributed by atoms with Gasteiger partial charge in [-0.2, -0.15) is 0 Å². The average Bonchev–Trinajstić information content (AvgIpc) is 3.58. The summed E-state index contributed by atoms with van der Waals surface area (Å²) in [6.07, 6.45) is 59.5. The highest BCUT2D eigenvalue weighted by Gasteiger charge is 2.50. The summed E-state index contributed by atoms with van der Waals surface area (Å²) < 4.78 is 28.6. The van der Waals surface area contributed by atoms with Crippen LogP contribution in [0.25, 0.3) is 0 Å². The Morgan fingerprint density at radius 2 is 0.723 bits per heavy atom. The van der Waals surface area contributed by atoms with Gasteiger partial charge in [-0.3, -0.25) is 14.4 Å². The van der Waals surface area contributed by atoms with E-state index < -0.39 is 67.3 Å². The lowest BCUT2D eigenvalue weighted by Crippen LogP contribution is -2.61. The van der Waals surface area contributed by atoms with Crippen molar-refractivity contribution in [1.29, 1.82) is 0 Å². The maximum Gasteiger partial charge on any atom is 0.335 e. The van der Waals surface area contributed by atoms with E-state index in [4.69, 9.17) is 23.7 Å². The number of allylic oxidation sites excluding steroid dienone is 6. The van der Waals surface area contributed by atoms with Crippen LogP contribution >= 0.6 is 0 Å². The summed E-state index contributed by atoms with van der Waals surface area (Å²) in [6, 6.07) is 0. The standard InChI is InChI=1S/C71H128O12/c1-4-7-10-13-16-19-22-25-28-31-32-35-38-41-44-47-50-53-56-59-65(74)82-69-67(76)66(75)68(70(77)78)83-71(69)80-61-62(81-64(73)58-55-52-49-46-43-40-37-34-30-27-24-21-18-15-12-9-6-3)60-79-63(72)57-54-51-48-45-42-39-36-33-29-26-23-20-17-14-11-8-5-2/h17,20,26-27,29-30,62,66-69,71,75-76H,4-16,18-19,21-25,28,31-61H2,1-3H3,(H,77,78)/b20-17-,29-26-,30-27-. The molecule has 0 spiro atoms. The van der Waals surface area contributed by atoms with Gasteiger partial charge < -0.3 is 39.0 Å². The first-order valence-corrected chi connectivity index (χ1v) is 35.0. The molecule has 1 aliphatic heterocycles. The summed E-state index contributed by atoms with van der Waals surface area (Å²) in [4.78, 5) is 51.4. The Hall–Kier alpha value is -3.06. The molecule has 1 rings (SSSR count). The Balaban J connectivity index is 2.62. The van der Waals surface area contributed by atoms with Crippen LogP contribution in [0.2, 0.25) is 0 Å². The lowest BCUT2D eigenvalue weighted by molar-refractivity contribution is -0.301. The number of esters is 3. The molecule has 1 saturated heterocycles. The third kappa shape index (κ3) is 48.7. The molecule has 484 valence electrons. The lowest BCUT2D eigenvalue weighted by atomic mass is 9.98. The second-order valence-corrected chi connectivity index (χ2v) is 24.2. The minimum atomic E-state index is -1.90. The second-order valence-electron chi connectivity index (χ2n) is 24.2. The molecular formula is C71H128O12. The monoisotopic (exact) mass is 1170 g/mol. The zero-order valence-electron chi connectivity index (χ0n) is 53.7. The van der Waals surface area contributed by atoms with Gasteiger partial charge >= 0.3 is 23.9 Å².